The van der Waals surface area contributed by atoms with Gasteiger partial charge in [0, 0.05) is 11.0 Å². The molecule has 0 radical (unpaired) electrons. The van der Waals surface area contributed by atoms with Crippen molar-refractivity contribution >= 4 is 31.8 Å². The summed E-state index contributed by atoms with van der Waals surface area (Å²) in [6.07, 6.45) is 0. The number of anilines is 1. The van der Waals surface area contributed by atoms with Crippen molar-refractivity contribution in [3.8, 4) is 0 Å². The highest BCUT2D eigenvalue weighted by Crippen LogP contribution is 2.23. The molecule has 0 spiro atoms. The molecule has 0 bridgehead atoms. The molecular weight excluding hydrogens is 311 g/mol. The number of benzene rings is 1. The van der Waals surface area contributed by atoms with Crippen molar-refractivity contribution < 1.29 is 12.8 Å². The van der Waals surface area contributed by atoms with Crippen LogP contribution in [0.25, 0.3) is 0 Å². The fourth-order valence-electron chi connectivity index (χ4n) is 1.03. The molecule has 0 aliphatic heterocycles. The normalized spacial score (nSPS) is 11.8. The molecule has 17 heavy (non-hydrogen) atoms. The van der Waals surface area contributed by atoms with E-state index in [9.17, 15) is 12.8 Å². The average Bonchev–Trinajstić information content (AvgIpc) is 2.20. The minimum absolute atomic E-state index is 0.211. The van der Waals surface area contributed by atoms with Gasteiger partial charge in [0.1, 0.15) is 5.82 Å². The molecule has 0 aromatic heterocycles. The molecule has 1 aromatic carbocycles. The molecule has 7 heteroatoms. The highest BCUT2D eigenvalue weighted by molar-refractivity contribution is 9.10. The van der Waals surface area contributed by atoms with Crippen molar-refractivity contribution in [3.63, 3.8) is 0 Å². The first-order valence-corrected chi connectivity index (χ1v) is 7.30. The van der Waals surface area contributed by atoms with E-state index in [1.54, 1.807) is 0 Å². The number of nitrogens with one attached hydrogen (secondary N) is 2. The topological polar surface area (TPSA) is 58.2 Å². The van der Waals surface area contributed by atoms with Crippen molar-refractivity contribution in [2.24, 2.45) is 5.92 Å². The lowest BCUT2D eigenvalue weighted by atomic mass is 10.2. The zero-order chi connectivity index (χ0) is 13.1. The maximum Gasteiger partial charge on any atom is 0.299 e. The Morgan fingerprint density at radius 3 is 2.59 bits per heavy atom. The van der Waals surface area contributed by atoms with Crippen molar-refractivity contribution in [2.45, 2.75) is 13.8 Å². The van der Waals surface area contributed by atoms with Crippen molar-refractivity contribution in [1.82, 2.24) is 4.72 Å². The van der Waals surface area contributed by atoms with Crippen molar-refractivity contribution in [1.29, 1.82) is 0 Å². The summed E-state index contributed by atoms with van der Waals surface area (Å²) in [4.78, 5) is 0. The van der Waals surface area contributed by atoms with E-state index in [4.69, 9.17) is 0 Å². The van der Waals surface area contributed by atoms with Crippen LogP contribution >= 0.6 is 15.9 Å². The lowest BCUT2D eigenvalue weighted by Gasteiger charge is -2.12. The molecule has 0 saturated heterocycles. The fourth-order valence-corrected chi connectivity index (χ4v) is 2.70. The van der Waals surface area contributed by atoms with Crippen LogP contribution in [0.15, 0.2) is 22.7 Å². The highest BCUT2D eigenvalue weighted by atomic mass is 79.9. The number of hydrogen-bond acceptors (Lipinski definition) is 2. The van der Waals surface area contributed by atoms with E-state index >= 15 is 0 Å². The molecule has 2 N–H and O–H groups in total. The Labute approximate surface area is 109 Å². The van der Waals surface area contributed by atoms with Gasteiger partial charge in [-0.25, -0.2) is 4.39 Å². The summed E-state index contributed by atoms with van der Waals surface area (Å²) in [5.41, 5.74) is 0.294. The molecule has 0 aliphatic carbocycles. The van der Waals surface area contributed by atoms with E-state index in [-0.39, 0.29) is 5.92 Å². The standard InChI is InChI=1S/C10H14BrFN2O2S/c1-7(2)6-13-17(15,16)14-10-4-3-8(12)5-9(10)11/h3-5,7,13-14H,6H2,1-2H3. The molecule has 0 unspecified atom stereocenters. The van der Waals surface area contributed by atoms with E-state index in [1.165, 1.54) is 18.2 Å². The Balaban J connectivity index is 2.76. The first-order chi connectivity index (χ1) is 7.80. The van der Waals surface area contributed by atoms with Crippen LogP contribution in [0.2, 0.25) is 0 Å². The number of hydrogen-bond donors (Lipinski definition) is 2. The van der Waals surface area contributed by atoms with E-state index in [1.807, 2.05) is 13.8 Å². The maximum absolute atomic E-state index is 12.8. The first-order valence-electron chi connectivity index (χ1n) is 5.02. The van der Waals surface area contributed by atoms with Crippen LogP contribution in [0.5, 0.6) is 0 Å². The second kappa shape index (κ2) is 5.79. The van der Waals surface area contributed by atoms with Crippen molar-refractivity contribution in [3.05, 3.63) is 28.5 Å². The van der Waals surface area contributed by atoms with Gasteiger partial charge < -0.3 is 0 Å². The summed E-state index contributed by atoms with van der Waals surface area (Å²) in [5, 5.41) is 0. The monoisotopic (exact) mass is 324 g/mol. The Morgan fingerprint density at radius 2 is 2.06 bits per heavy atom. The SMILES string of the molecule is CC(C)CNS(=O)(=O)Nc1ccc(F)cc1Br. The highest BCUT2D eigenvalue weighted by Gasteiger charge is 2.12. The van der Waals surface area contributed by atoms with Gasteiger partial charge in [0.15, 0.2) is 0 Å². The molecular formula is C10H14BrFN2O2S. The van der Waals surface area contributed by atoms with Crippen LogP contribution in [0.3, 0.4) is 0 Å². The Bertz CT molecular complexity index is 491. The van der Waals surface area contributed by atoms with Gasteiger partial charge in [0.05, 0.1) is 5.69 Å². The van der Waals surface area contributed by atoms with Gasteiger partial charge in [0.25, 0.3) is 10.2 Å². The summed E-state index contributed by atoms with van der Waals surface area (Å²) < 4.78 is 41.1. The van der Waals surface area contributed by atoms with Crippen LogP contribution in [0, 0.1) is 11.7 Å². The van der Waals surface area contributed by atoms with Crippen LogP contribution in [-0.4, -0.2) is 15.0 Å². The quantitative estimate of drug-likeness (QED) is 0.874. The van der Waals surface area contributed by atoms with Gasteiger partial charge in [-0.2, -0.15) is 13.1 Å². The minimum Gasteiger partial charge on any atom is -0.270 e. The van der Waals surface area contributed by atoms with E-state index < -0.39 is 16.0 Å². The minimum atomic E-state index is -3.62. The third kappa shape index (κ3) is 5.01. The smallest absolute Gasteiger partial charge is 0.270 e. The zero-order valence-corrected chi connectivity index (χ0v) is 11.9. The Morgan fingerprint density at radius 1 is 1.41 bits per heavy atom. The summed E-state index contributed by atoms with van der Waals surface area (Å²) in [7, 11) is -3.62. The van der Waals surface area contributed by atoms with E-state index in [0.717, 1.165) is 0 Å². The number of rotatable bonds is 5. The van der Waals surface area contributed by atoms with Gasteiger partial charge in [-0.3, -0.25) is 4.72 Å². The Hall–Kier alpha value is -0.660. The largest absolute Gasteiger partial charge is 0.299 e. The van der Waals surface area contributed by atoms with Gasteiger partial charge >= 0.3 is 0 Å². The van der Waals surface area contributed by atoms with Crippen LogP contribution in [-0.2, 0) is 10.2 Å². The van der Waals surface area contributed by atoms with E-state index in [2.05, 4.69) is 25.4 Å². The average molecular weight is 325 g/mol. The van der Waals surface area contributed by atoms with Gasteiger partial charge in [-0.1, -0.05) is 13.8 Å². The second-order valence-electron chi connectivity index (χ2n) is 3.97. The van der Waals surface area contributed by atoms with Crippen LogP contribution in [0.1, 0.15) is 13.8 Å². The molecule has 0 amide bonds. The molecule has 0 saturated carbocycles. The molecule has 96 valence electrons. The van der Waals surface area contributed by atoms with Crippen LogP contribution in [0.4, 0.5) is 10.1 Å². The Kier molecular flexibility index (Phi) is 4.91. The van der Waals surface area contributed by atoms with E-state index in [0.29, 0.717) is 16.7 Å². The van der Waals surface area contributed by atoms with Crippen molar-refractivity contribution in [2.75, 3.05) is 11.3 Å². The molecule has 0 atom stereocenters. The zero-order valence-electron chi connectivity index (χ0n) is 9.50. The predicted octanol–water partition coefficient (Wildman–Crippen LogP) is 2.49. The summed E-state index contributed by atoms with van der Waals surface area (Å²) in [5.74, 6) is -0.224. The summed E-state index contributed by atoms with van der Waals surface area (Å²) in [6, 6.07) is 3.74. The maximum atomic E-state index is 12.8. The van der Waals surface area contributed by atoms with Gasteiger partial charge in [-0.15, -0.1) is 0 Å². The molecule has 1 rings (SSSR count). The first kappa shape index (κ1) is 14.4. The third-order valence-electron chi connectivity index (χ3n) is 1.86. The van der Waals surface area contributed by atoms with Crippen LogP contribution < -0.4 is 9.44 Å². The second-order valence-corrected chi connectivity index (χ2v) is 6.33. The third-order valence-corrected chi connectivity index (χ3v) is 3.55. The lowest BCUT2D eigenvalue weighted by Crippen LogP contribution is -2.32. The molecule has 0 heterocycles. The predicted molar refractivity (Wildman–Crippen MR) is 69.5 cm³/mol. The van der Waals surface area contributed by atoms with Gasteiger partial charge in [-0.05, 0) is 40.0 Å². The molecule has 0 aliphatic rings. The summed E-state index contributed by atoms with van der Waals surface area (Å²) in [6.45, 7) is 4.14. The summed E-state index contributed by atoms with van der Waals surface area (Å²) >= 11 is 3.09. The molecule has 4 nitrogen and oxygen atoms in total. The lowest BCUT2D eigenvalue weighted by molar-refractivity contribution is 0.564. The molecule has 1 aromatic rings. The molecule has 0 fully saturated rings. The van der Waals surface area contributed by atoms with Gasteiger partial charge in [0.2, 0.25) is 0 Å². The fraction of sp³-hybridized carbons (Fsp3) is 0.400. The number of halogens is 2.